The number of ether oxygens (including phenoxy) is 1. The van der Waals surface area contributed by atoms with E-state index in [1.807, 2.05) is 31.7 Å². The number of aryl methyl sites for hydroxylation is 1. The zero-order valence-electron chi connectivity index (χ0n) is 16.5. The lowest BCUT2D eigenvalue weighted by Crippen LogP contribution is -2.40. The zero-order chi connectivity index (χ0) is 20.7. The summed E-state index contributed by atoms with van der Waals surface area (Å²) in [7, 11) is 0. The van der Waals surface area contributed by atoms with Crippen LogP contribution in [0.25, 0.3) is 0 Å². The number of hydrogen-bond acceptors (Lipinski definition) is 5. The standard InChI is InChI=1S/C21H28FNO4S/c1-21(2,3)18(24)14-23-12-4-7-17(27-20(25)26)19(23)28-13-5-6-15-8-10-16(22)11-9-15/h4,7-11,18,24H,5-6,12-14H2,1-3H3,(H,25,26). The molecule has 2 rings (SSSR count). The molecule has 5 nitrogen and oxygen atoms in total. The van der Waals surface area contributed by atoms with E-state index in [4.69, 9.17) is 9.84 Å². The molecule has 1 aromatic carbocycles. The van der Waals surface area contributed by atoms with Gasteiger partial charge in [-0.15, -0.1) is 11.8 Å². The normalized spacial score (nSPS) is 15.7. The second kappa shape index (κ2) is 9.98. The van der Waals surface area contributed by atoms with Gasteiger partial charge in [0.2, 0.25) is 0 Å². The van der Waals surface area contributed by atoms with Crippen molar-refractivity contribution in [2.24, 2.45) is 5.41 Å². The third-order valence-electron chi connectivity index (χ3n) is 4.45. The second-order valence-electron chi connectivity index (χ2n) is 7.81. The molecule has 1 aliphatic rings. The Labute approximate surface area is 169 Å². The molecule has 1 atom stereocenters. The number of aliphatic hydroxyl groups is 1. The minimum absolute atomic E-state index is 0.249. The van der Waals surface area contributed by atoms with Gasteiger partial charge in [-0.3, -0.25) is 0 Å². The van der Waals surface area contributed by atoms with Crippen molar-refractivity contribution in [3.63, 3.8) is 0 Å². The molecule has 1 aliphatic heterocycles. The smallest absolute Gasteiger partial charge is 0.449 e. The van der Waals surface area contributed by atoms with Crippen LogP contribution in [0.5, 0.6) is 0 Å². The maximum Gasteiger partial charge on any atom is 0.511 e. The maximum atomic E-state index is 13.0. The van der Waals surface area contributed by atoms with Crippen molar-refractivity contribution >= 4 is 17.9 Å². The molecule has 0 bridgehead atoms. The van der Waals surface area contributed by atoms with Gasteiger partial charge in [-0.2, -0.15) is 0 Å². The van der Waals surface area contributed by atoms with Gasteiger partial charge in [-0.1, -0.05) is 39.0 Å². The number of nitrogens with zero attached hydrogens (tertiary/aromatic N) is 1. The van der Waals surface area contributed by atoms with E-state index >= 15 is 0 Å². The van der Waals surface area contributed by atoms with Gasteiger partial charge >= 0.3 is 6.16 Å². The van der Waals surface area contributed by atoms with Crippen molar-refractivity contribution in [2.75, 3.05) is 18.8 Å². The molecular formula is C21H28FNO4S. The van der Waals surface area contributed by atoms with Gasteiger partial charge in [0.15, 0.2) is 5.76 Å². The van der Waals surface area contributed by atoms with Crippen molar-refractivity contribution in [3.05, 3.63) is 58.6 Å². The van der Waals surface area contributed by atoms with E-state index in [9.17, 15) is 14.3 Å². The van der Waals surface area contributed by atoms with Crippen LogP contribution in [0.4, 0.5) is 9.18 Å². The van der Waals surface area contributed by atoms with Crippen molar-refractivity contribution in [1.82, 2.24) is 4.90 Å². The molecule has 0 spiro atoms. The summed E-state index contributed by atoms with van der Waals surface area (Å²) in [5, 5.41) is 20.2. The Kier molecular flexibility index (Phi) is 7.95. The predicted molar refractivity (Wildman–Crippen MR) is 109 cm³/mol. The van der Waals surface area contributed by atoms with Gasteiger partial charge in [-0.25, -0.2) is 9.18 Å². The number of hydrogen-bond donors (Lipinski definition) is 2. The molecule has 0 fully saturated rings. The molecule has 154 valence electrons. The Bertz CT molecular complexity index is 725. The van der Waals surface area contributed by atoms with Crippen LogP contribution in [0.2, 0.25) is 0 Å². The molecule has 0 amide bonds. The summed E-state index contributed by atoms with van der Waals surface area (Å²) in [6.07, 6.45) is 3.21. The Morgan fingerprint density at radius 1 is 1.32 bits per heavy atom. The summed E-state index contributed by atoms with van der Waals surface area (Å²) < 4.78 is 17.9. The molecule has 0 aliphatic carbocycles. The molecule has 0 saturated heterocycles. The lowest BCUT2D eigenvalue weighted by atomic mass is 9.89. The highest BCUT2D eigenvalue weighted by Gasteiger charge is 2.28. The minimum Gasteiger partial charge on any atom is -0.449 e. The van der Waals surface area contributed by atoms with Gasteiger partial charge in [0.05, 0.1) is 6.10 Å². The van der Waals surface area contributed by atoms with Gasteiger partial charge < -0.3 is 19.8 Å². The summed E-state index contributed by atoms with van der Waals surface area (Å²) in [6, 6.07) is 6.44. The Morgan fingerprint density at radius 2 is 2.00 bits per heavy atom. The monoisotopic (exact) mass is 409 g/mol. The number of β-amino-alcohol motifs (C(OH)–C–C–N with tert-alkyl or cyclic N) is 1. The summed E-state index contributed by atoms with van der Waals surface area (Å²) in [4.78, 5) is 13.0. The van der Waals surface area contributed by atoms with E-state index in [-0.39, 0.29) is 17.0 Å². The first-order valence-electron chi connectivity index (χ1n) is 9.28. The molecule has 0 radical (unpaired) electrons. The van der Waals surface area contributed by atoms with Gasteiger partial charge in [0.25, 0.3) is 0 Å². The fourth-order valence-corrected chi connectivity index (χ4v) is 3.73. The maximum absolute atomic E-state index is 13.0. The van der Waals surface area contributed by atoms with E-state index in [2.05, 4.69) is 0 Å². The first-order chi connectivity index (χ1) is 13.2. The molecule has 2 N–H and O–H groups in total. The third kappa shape index (κ3) is 6.87. The second-order valence-corrected chi connectivity index (χ2v) is 8.89. The number of carboxylic acid groups (broad SMARTS) is 1. The first kappa shape index (κ1) is 22.3. The SMILES string of the molecule is CC(C)(C)C(O)CN1CC=CC(OC(=O)O)=C1SCCCc1ccc(F)cc1. The molecule has 28 heavy (non-hydrogen) atoms. The quantitative estimate of drug-likeness (QED) is 0.482. The lowest BCUT2D eigenvalue weighted by molar-refractivity contribution is 0.0396. The fraction of sp³-hybridized carbons (Fsp3) is 0.476. The number of rotatable bonds is 8. The summed E-state index contributed by atoms with van der Waals surface area (Å²) in [5.74, 6) is 0.780. The number of benzene rings is 1. The first-order valence-corrected chi connectivity index (χ1v) is 10.3. The number of aliphatic hydroxyl groups excluding tert-OH is 1. The topological polar surface area (TPSA) is 70.0 Å². The van der Waals surface area contributed by atoms with E-state index < -0.39 is 12.3 Å². The molecule has 1 aromatic rings. The fourth-order valence-electron chi connectivity index (χ4n) is 2.67. The van der Waals surface area contributed by atoms with Gasteiger partial charge in [0.1, 0.15) is 10.8 Å². The minimum atomic E-state index is -1.36. The number of allylic oxidation sites excluding steroid dienone is 1. The van der Waals surface area contributed by atoms with E-state index in [0.717, 1.165) is 24.2 Å². The zero-order valence-corrected chi connectivity index (χ0v) is 17.3. The van der Waals surface area contributed by atoms with Crippen molar-refractivity contribution < 1.29 is 24.1 Å². The third-order valence-corrected chi connectivity index (χ3v) is 5.67. The summed E-state index contributed by atoms with van der Waals surface area (Å²) in [5.41, 5.74) is 0.773. The van der Waals surface area contributed by atoms with Gasteiger partial charge in [0, 0.05) is 13.1 Å². The van der Waals surface area contributed by atoms with Crippen LogP contribution in [0, 0.1) is 11.2 Å². The molecule has 1 unspecified atom stereocenters. The van der Waals surface area contributed by atoms with E-state index in [1.54, 1.807) is 18.2 Å². The van der Waals surface area contributed by atoms with Crippen LogP contribution in [-0.2, 0) is 11.2 Å². The molecule has 7 heteroatoms. The highest BCUT2D eigenvalue weighted by Crippen LogP contribution is 2.31. The Balaban J connectivity index is 2.03. The van der Waals surface area contributed by atoms with E-state index in [1.165, 1.54) is 23.9 Å². The molecule has 1 heterocycles. The van der Waals surface area contributed by atoms with Crippen LogP contribution >= 0.6 is 11.8 Å². The predicted octanol–water partition coefficient (Wildman–Crippen LogP) is 4.63. The highest BCUT2D eigenvalue weighted by atomic mass is 32.2. The summed E-state index contributed by atoms with van der Waals surface area (Å²) >= 11 is 1.51. The number of carbonyl (C=O) groups is 1. The van der Waals surface area contributed by atoms with Gasteiger partial charge in [-0.05, 0) is 47.8 Å². The Hall–Kier alpha value is -1.99. The van der Waals surface area contributed by atoms with Crippen LogP contribution in [0.15, 0.2) is 47.2 Å². The highest BCUT2D eigenvalue weighted by molar-refractivity contribution is 8.03. The van der Waals surface area contributed by atoms with Crippen molar-refractivity contribution in [2.45, 2.75) is 39.7 Å². The molecular weight excluding hydrogens is 381 g/mol. The number of halogens is 1. The van der Waals surface area contributed by atoms with E-state index in [0.29, 0.717) is 18.1 Å². The Morgan fingerprint density at radius 3 is 2.61 bits per heavy atom. The molecule has 0 aromatic heterocycles. The van der Waals surface area contributed by atoms with Crippen molar-refractivity contribution in [1.29, 1.82) is 0 Å². The van der Waals surface area contributed by atoms with Crippen LogP contribution in [0.3, 0.4) is 0 Å². The molecule has 0 saturated carbocycles. The van der Waals surface area contributed by atoms with Crippen LogP contribution < -0.4 is 0 Å². The average Bonchev–Trinajstić information content (AvgIpc) is 2.60. The largest absolute Gasteiger partial charge is 0.511 e. The van der Waals surface area contributed by atoms with Crippen LogP contribution in [-0.4, -0.2) is 46.2 Å². The van der Waals surface area contributed by atoms with Crippen LogP contribution in [0.1, 0.15) is 32.8 Å². The summed E-state index contributed by atoms with van der Waals surface area (Å²) in [6.45, 7) is 6.86. The average molecular weight is 410 g/mol. The van der Waals surface area contributed by atoms with Crippen molar-refractivity contribution in [3.8, 4) is 0 Å². The number of thioether (sulfide) groups is 1. The lowest BCUT2D eigenvalue weighted by Gasteiger charge is -2.35.